The molecule has 10 heteroatoms. The molecular weight excluding hydrogens is 397 g/mol. The number of nitrogens with two attached hydrogens (primary N) is 1. The Balaban J connectivity index is 1.96. The van der Waals surface area contributed by atoms with E-state index in [1.54, 1.807) is 6.92 Å². The van der Waals surface area contributed by atoms with Crippen molar-refractivity contribution in [3.8, 4) is 0 Å². The molecule has 2 atom stereocenters. The molecule has 2 aromatic heterocycles. The number of fused-ring (bicyclic) bond motifs is 1. The highest BCUT2D eigenvalue weighted by Crippen LogP contribution is 2.37. The normalized spacial score (nSPS) is 20.3. The second-order valence-electron chi connectivity index (χ2n) is 7.13. The van der Waals surface area contributed by atoms with E-state index >= 15 is 0 Å². The summed E-state index contributed by atoms with van der Waals surface area (Å²) in [5, 5.41) is 0. The molecule has 3 aromatic rings. The van der Waals surface area contributed by atoms with Crippen molar-refractivity contribution in [3.05, 3.63) is 35.9 Å². The first kappa shape index (κ1) is 19.6. The SMILES string of the molecule is Cc1nc(N2CCOC(C)C2C)c2[nH]c(N)c(S(=O)(=O)c3ccccc3F)c2n1. The van der Waals surface area contributed by atoms with E-state index in [4.69, 9.17) is 10.5 Å². The average Bonchev–Trinajstić information content (AvgIpc) is 3.00. The first-order valence-corrected chi connectivity index (χ1v) is 10.7. The molecule has 3 N–H and O–H groups in total. The zero-order chi connectivity index (χ0) is 20.9. The Morgan fingerprint density at radius 3 is 2.72 bits per heavy atom. The minimum atomic E-state index is -4.24. The molecule has 1 aromatic carbocycles. The molecule has 0 bridgehead atoms. The van der Waals surface area contributed by atoms with Crippen LogP contribution in [0.25, 0.3) is 11.0 Å². The maximum Gasteiger partial charge on any atom is 0.215 e. The standard InChI is InChI=1S/C19H22FN5O3S/c1-10-11(2)28-9-8-25(10)19-16-15(22-12(3)23-19)17(18(21)24-16)29(26,27)14-7-5-4-6-13(14)20/h4-7,10-11,24H,8-9,21H2,1-3H3. The van der Waals surface area contributed by atoms with Gasteiger partial charge in [0.2, 0.25) is 9.84 Å². The van der Waals surface area contributed by atoms with Crippen LogP contribution in [-0.2, 0) is 14.6 Å². The van der Waals surface area contributed by atoms with Gasteiger partial charge in [-0.05, 0) is 32.9 Å². The zero-order valence-corrected chi connectivity index (χ0v) is 17.1. The lowest BCUT2D eigenvalue weighted by atomic mass is 10.1. The topological polar surface area (TPSA) is 114 Å². The third-order valence-electron chi connectivity index (χ3n) is 5.27. The molecule has 1 saturated heterocycles. The molecule has 0 spiro atoms. The molecule has 0 saturated carbocycles. The zero-order valence-electron chi connectivity index (χ0n) is 16.3. The highest BCUT2D eigenvalue weighted by atomic mass is 32.2. The van der Waals surface area contributed by atoms with Crippen LogP contribution < -0.4 is 10.6 Å². The molecule has 0 amide bonds. The second kappa shape index (κ2) is 6.96. The van der Waals surface area contributed by atoms with Crippen molar-refractivity contribution in [2.75, 3.05) is 23.8 Å². The third kappa shape index (κ3) is 3.12. The van der Waals surface area contributed by atoms with E-state index in [-0.39, 0.29) is 28.4 Å². The molecule has 4 rings (SSSR count). The van der Waals surface area contributed by atoms with Gasteiger partial charge >= 0.3 is 0 Å². The van der Waals surface area contributed by atoms with E-state index < -0.39 is 20.5 Å². The summed E-state index contributed by atoms with van der Waals surface area (Å²) in [5.74, 6) is 0.000837. The number of sulfone groups is 1. The van der Waals surface area contributed by atoms with E-state index in [0.29, 0.717) is 30.3 Å². The van der Waals surface area contributed by atoms with E-state index in [1.165, 1.54) is 18.2 Å². The van der Waals surface area contributed by atoms with Gasteiger partial charge in [-0.2, -0.15) is 0 Å². The Labute approximate surface area is 167 Å². The van der Waals surface area contributed by atoms with Gasteiger partial charge in [0.05, 0.1) is 18.8 Å². The van der Waals surface area contributed by atoms with Crippen molar-refractivity contribution >= 4 is 32.5 Å². The molecule has 1 aliphatic heterocycles. The summed E-state index contributed by atoms with van der Waals surface area (Å²) in [6, 6.07) is 5.21. The Bertz CT molecular complexity index is 1190. The highest BCUT2D eigenvalue weighted by molar-refractivity contribution is 7.92. The van der Waals surface area contributed by atoms with Crippen LogP contribution in [0.1, 0.15) is 19.7 Å². The number of anilines is 2. The quantitative estimate of drug-likeness (QED) is 0.670. The van der Waals surface area contributed by atoms with Gasteiger partial charge < -0.3 is 20.4 Å². The minimum Gasteiger partial charge on any atom is -0.384 e. The van der Waals surface area contributed by atoms with Crippen LogP contribution in [-0.4, -0.2) is 48.7 Å². The van der Waals surface area contributed by atoms with Crippen molar-refractivity contribution < 1.29 is 17.5 Å². The van der Waals surface area contributed by atoms with Crippen LogP contribution in [0.15, 0.2) is 34.1 Å². The number of benzene rings is 1. The molecular formula is C19H22FN5O3S. The number of halogens is 1. The van der Waals surface area contributed by atoms with Crippen LogP contribution in [0.5, 0.6) is 0 Å². The number of aromatic amines is 1. The maximum absolute atomic E-state index is 14.3. The van der Waals surface area contributed by atoms with Crippen molar-refractivity contribution in [1.29, 1.82) is 0 Å². The van der Waals surface area contributed by atoms with Gasteiger partial charge in [-0.3, -0.25) is 0 Å². The van der Waals surface area contributed by atoms with Gasteiger partial charge in [-0.15, -0.1) is 0 Å². The molecule has 3 heterocycles. The maximum atomic E-state index is 14.3. The molecule has 0 radical (unpaired) electrons. The minimum absolute atomic E-state index is 0.0115. The van der Waals surface area contributed by atoms with E-state index in [0.717, 1.165) is 6.07 Å². The van der Waals surface area contributed by atoms with Gasteiger partial charge in [0.1, 0.15) is 38.3 Å². The number of nitrogen functional groups attached to an aromatic ring is 1. The first-order chi connectivity index (χ1) is 13.7. The largest absolute Gasteiger partial charge is 0.384 e. The van der Waals surface area contributed by atoms with Crippen LogP contribution in [0, 0.1) is 12.7 Å². The molecule has 154 valence electrons. The van der Waals surface area contributed by atoms with Gasteiger partial charge in [0.25, 0.3) is 0 Å². The molecule has 8 nitrogen and oxygen atoms in total. The van der Waals surface area contributed by atoms with Crippen molar-refractivity contribution in [1.82, 2.24) is 15.0 Å². The fraction of sp³-hybridized carbons (Fsp3) is 0.368. The predicted molar refractivity (Wildman–Crippen MR) is 107 cm³/mol. The van der Waals surface area contributed by atoms with Crippen molar-refractivity contribution in [3.63, 3.8) is 0 Å². The number of hydrogen-bond donors (Lipinski definition) is 2. The third-order valence-corrected chi connectivity index (χ3v) is 7.13. The van der Waals surface area contributed by atoms with E-state index in [9.17, 15) is 12.8 Å². The summed E-state index contributed by atoms with van der Waals surface area (Å²) >= 11 is 0. The summed E-state index contributed by atoms with van der Waals surface area (Å²) in [7, 11) is -4.24. The van der Waals surface area contributed by atoms with Crippen molar-refractivity contribution in [2.45, 2.75) is 42.7 Å². The Morgan fingerprint density at radius 2 is 2.00 bits per heavy atom. The number of aromatic nitrogens is 3. The van der Waals surface area contributed by atoms with E-state index in [2.05, 4.69) is 15.0 Å². The molecule has 1 fully saturated rings. The second-order valence-corrected chi connectivity index (χ2v) is 8.98. The lowest BCUT2D eigenvalue weighted by Crippen LogP contribution is -2.49. The first-order valence-electron chi connectivity index (χ1n) is 9.25. The number of H-pyrrole nitrogens is 1. The number of nitrogens with one attached hydrogen (secondary N) is 1. The monoisotopic (exact) mass is 419 g/mol. The summed E-state index contributed by atoms with van der Waals surface area (Å²) < 4.78 is 46.4. The van der Waals surface area contributed by atoms with Gasteiger partial charge in [-0.1, -0.05) is 12.1 Å². The van der Waals surface area contributed by atoms with Gasteiger partial charge in [0, 0.05) is 6.54 Å². The molecule has 0 aliphatic carbocycles. The molecule has 2 unspecified atom stereocenters. The van der Waals surface area contributed by atoms with E-state index in [1.807, 2.05) is 18.7 Å². The lowest BCUT2D eigenvalue weighted by molar-refractivity contribution is 0.0282. The van der Waals surface area contributed by atoms with Gasteiger partial charge in [-0.25, -0.2) is 22.8 Å². The highest BCUT2D eigenvalue weighted by Gasteiger charge is 2.33. The Morgan fingerprint density at radius 1 is 1.28 bits per heavy atom. The molecule has 1 aliphatic rings. The number of rotatable bonds is 3. The summed E-state index contributed by atoms with van der Waals surface area (Å²) in [6.07, 6.45) is -0.0250. The average molecular weight is 419 g/mol. The summed E-state index contributed by atoms with van der Waals surface area (Å²) in [4.78, 5) is 13.2. The number of aryl methyl sites for hydroxylation is 1. The lowest BCUT2D eigenvalue weighted by Gasteiger charge is -2.38. The Kier molecular flexibility index (Phi) is 4.70. The fourth-order valence-electron chi connectivity index (χ4n) is 3.64. The smallest absolute Gasteiger partial charge is 0.215 e. The van der Waals surface area contributed by atoms with Crippen molar-refractivity contribution in [2.24, 2.45) is 0 Å². The number of ether oxygens (including phenoxy) is 1. The van der Waals surface area contributed by atoms with Gasteiger partial charge in [0.15, 0.2) is 5.82 Å². The molecule has 29 heavy (non-hydrogen) atoms. The van der Waals surface area contributed by atoms with Crippen LogP contribution in [0.2, 0.25) is 0 Å². The van der Waals surface area contributed by atoms with Crippen LogP contribution in [0.4, 0.5) is 16.0 Å². The Hall–Kier alpha value is -2.72. The number of morpholine rings is 1. The number of nitrogens with zero attached hydrogens (tertiary/aromatic N) is 3. The predicted octanol–water partition coefficient (Wildman–Crippen LogP) is 2.43. The van der Waals surface area contributed by atoms with Crippen LogP contribution in [0.3, 0.4) is 0 Å². The summed E-state index contributed by atoms with van der Waals surface area (Å²) in [5.41, 5.74) is 6.63. The fourth-order valence-corrected chi connectivity index (χ4v) is 5.19. The number of hydrogen-bond acceptors (Lipinski definition) is 7. The summed E-state index contributed by atoms with van der Waals surface area (Å²) in [6.45, 7) is 6.77. The van der Waals surface area contributed by atoms with Crippen LogP contribution >= 0.6 is 0 Å².